The third-order valence-electron chi connectivity index (χ3n) is 4.95. The number of guanidine groups is 1. The average Bonchev–Trinajstić information content (AvgIpc) is 3.43. The van der Waals surface area contributed by atoms with Crippen molar-refractivity contribution in [2.24, 2.45) is 10.9 Å². The predicted octanol–water partition coefficient (Wildman–Crippen LogP) is 1.91. The minimum absolute atomic E-state index is 0.0686. The van der Waals surface area contributed by atoms with Crippen LogP contribution in [0.3, 0.4) is 0 Å². The number of fused-ring (bicyclic) bond motifs is 1. The second-order valence-electron chi connectivity index (χ2n) is 7.10. The summed E-state index contributed by atoms with van der Waals surface area (Å²) in [7, 11) is 0. The molecular weight excluding hydrogens is 386 g/mol. The number of nitro groups is 1. The fourth-order valence-corrected chi connectivity index (χ4v) is 3.23. The maximum atomic E-state index is 10.8. The number of aromatic nitrogens is 3. The molecule has 156 valence electrons. The van der Waals surface area contributed by atoms with Crippen molar-refractivity contribution in [3.63, 3.8) is 0 Å². The SMILES string of the molecule is O=[N+]([O-])c1ccc(CN=C(NCc2nnc3ccccn23)NCC2CCOC2)cc1. The molecule has 0 amide bonds. The number of hydrogen-bond donors (Lipinski definition) is 2. The highest BCUT2D eigenvalue weighted by Gasteiger charge is 2.16. The van der Waals surface area contributed by atoms with Crippen LogP contribution in [0.2, 0.25) is 0 Å². The molecule has 0 bridgehead atoms. The van der Waals surface area contributed by atoms with Crippen molar-refractivity contribution >= 4 is 17.3 Å². The Morgan fingerprint density at radius 3 is 2.87 bits per heavy atom. The molecule has 1 saturated heterocycles. The van der Waals surface area contributed by atoms with Gasteiger partial charge in [0.2, 0.25) is 0 Å². The van der Waals surface area contributed by atoms with Crippen molar-refractivity contribution in [3.05, 3.63) is 70.2 Å². The van der Waals surface area contributed by atoms with E-state index in [2.05, 4.69) is 25.8 Å². The Balaban J connectivity index is 1.43. The van der Waals surface area contributed by atoms with Crippen molar-refractivity contribution in [1.82, 2.24) is 25.2 Å². The van der Waals surface area contributed by atoms with E-state index in [1.165, 1.54) is 12.1 Å². The Kier molecular flexibility index (Phi) is 6.14. The van der Waals surface area contributed by atoms with E-state index in [0.717, 1.165) is 43.2 Å². The molecule has 0 saturated carbocycles. The molecule has 1 aliphatic rings. The Bertz CT molecular complexity index is 1030. The van der Waals surface area contributed by atoms with Crippen LogP contribution in [0.1, 0.15) is 17.8 Å². The average molecular weight is 409 g/mol. The number of nitro benzene ring substituents is 1. The van der Waals surface area contributed by atoms with Crippen LogP contribution in [0.15, 0.2) is 53.7 Å². The molecule has 2 N–H and O–H groups in total. The van der Waals surface area contributed by atoms with Crippen LogP contribution in [-0.2, 0) is 17.8 Å². The van der Waals surface area contributed by atoms with Crippen molar-refractivity contribution < 1.29 is 9.66 Å². The van der Waals surface area contributed by atoms with Crippen molar-refractivity contribution in [3.8, 4) is 0 Å². The smallest absolute Gasteiger partial charge is 0.269 e. The lowest BCUT2D eigenvalue weighted by molar-refractivity contribution is -0.384. The number of nitrogens with zero attached hydrogens (tertiary/aromatic N) is 5. The number of hydrogen-bond acceptors (Lipinski definition) is 6. The van der Waals surface area contributed by atoms with E-state index in [4.69, 9.17) is 4.74 Å². The molecule has 4 rings (SSSR count). The van der Waals surface area contributed by atoms with Crippen LogP contribution in [0.25, 0.3) is 5.65 Å². The third-order valence-corrected chi connectivity index (χ3v) is 4.95. The first-order valence-electron chi connectivity index (χ1n) is 9.81. The Morgan fingerprint density at radius 2 is 2.10 bits per heavy atom. The van der Waals surface area contributed by atoms with Gasteiger partial charge in [0.15, 0.2) is 17.4 Å². The zero-order valence-corrected chi connectivity index (χ0v) is 16.4. The first kappa shape index (κ1) is 19.8. The van der Waals surface area contributed by atoms with E-state index in [9.17, 15) is 10.1 Å². The second kappa shape index (κ2) is 9.31. The fraction of sp³-hybridized carbons (Fsp3) is 0.350. The van der Waals surface area contributed by atoms with E-state index in [0.29, 0.717) is 25.0 Å². The van der Waals surface area contributed by atoms with Gasteiger partial charge in [0.25, 0.3) is 5.69 Å². The molecule has 3 heterocycles. The van der Waals surface area contributed by atoms with E-state index in [1.807, 2.05) is 28.8 Å². The Labute approximate surface area is 173 Å². The lowest BCUT2D eigenvalue weighted by Gasteiger charge is -2.14. The van der Waals surface area contributed by atoms with Crippen LogP contribution in [0.4, 0.5) is 5.69 Å². The van der Waals surface area contributed by atoms with E-state index < -0.39 is 4.92 Å². The summed E-state index contributed by atoms with van der Waals surface area (Å²) in [6.45, 7) is 3.15. The number of rotatable bonds is 7. The molecule has 10 nitrogen and oxygen atoms in total. The summed E-state index contributed by atoms with van der Waals surface area (Å²) in [6, 6.07) is 12.2. The highest BCUT2D eigenvalue weighted by molar-refractivity contribution is 5.79. The molecule has 0 radical (unpaired) electrons. The topological polar surface area (TPSA) is 119 Å². The number of ether oxygens (including phenoxy) is 1. The highest BCUT2D eigenvalue weighted by atomic mass is 16.6. The van der Waals surface area contributed by atoms with Gasteiger partial charge in [-0.3, -0.25) is 14.5 Å². The molecule has 10 heteroatoms. The minimum atomic E-state index is -0.409. The van der Waals surface area contributed by atoms with Gasteiger partial charge in [-0.15, -0.1) is 10.2 Å². The van der Waals surface area contributed by atoms with E-state index >= 15 is 0 Å². The Morgan fingerprint density at radius 1 is 1.23 bits per heavy atom. The lowest BCUT2D eigenvalue weighted by Crippen LogP contribution is -2.40. The zero-order valence-electron chi connectivity index (χ0n) is 16.4. The van der Waals surface area contributed by atoms with Crippen molar-refractivity contribution in [1.29, 1.82) is 0 Å². The van der Waals surface area contributed by atoms with E-state index in [1.54, 1.807) is 12.1 Å². The molecule has 3 aromatic rings. The fourth-order valence-electron chi connectivity index (χ4n) is 3.23. The molecule has 0 aliphatic carbocycles. The van der Waals surface area contributed by atoms with Gasteiger partial charge >= 0.3 is 0 Å². The summed E-state index contributed by atoms with van der Waals surface area (Å²) in [5.74, 6) is 1.87. The number of non-ortho nitro benzene ring substituents is 1. The van der Waals surface area contributed by atoms with E-state index in [-0.39, 0.29) is 5.69 Å². The maximum Gasteiger partial charge on any atom is 0.269 e. The van der Waals surface area contributed by atoms with Gasteiger partial charge in [0.05, 0.1) is 24.6 Å². The van der Waals surface area contributed by atoms with Crippen LogP contribution in [0, 0.1) is 16.0 Å². The molecular formula is C20H23N7O3. The minimum Gasteiger partial charge on any atom is -0.381 e. The Hall–Kier alpha value is -3.53. The molecule has 0 spiro atoms. The van der Waals surface area contributed by atoms with Gasteiger partial charge in [-0.25, -0.2) is 4.99 Å². The van der Waals surface area contributed by atoms with Crippen LogP contribution in [0.5, 0.6) is 0 Å². The van der Waals surface area contributed by atoms with Crippen LogP contribution in [-0.4, -0.2) is 45.2 Å². The standard InChI is InChI=1S/C20H23N7O3/c28-27(29)17-6-4-15(5-7-17)11-21-20(22-12-16-8-10-30-14-16)23-13-19-25-24-18-3-1-2-9-26(18)19/h1-7,9,16H,8,10-14H2,(H2,21,22,23). The molecule has 30 heavy (non-hydrogen) atoms. The molecule has 1 aromatic carbocycles. The maximum absolute atomic E-state index is 10.8. The van der Waals surface area contributed by atoms with Gasteiger partial charge in [0.1, 0.15) is 0 Å². The summed E-state index contributed by atoms with van der Waals surface area (Å²) in [5.41, 5.74) is 1.74. The lowest BCUT2D eigenvalue weighted by atomic mass is 10.1. The normalized spacial score (nSPS) is 16.7. The summed E-state index contributed by atoms with van der Waals surface area (Å²) in [4.78, 5) is 15.0. The van der Waals surface area contributed by atoms with Crippen LogP contribution < -0.4 is 10.6 Å². The van der Waals surface area contributed by atoms with Gasteiger partial charge in [0, 0.05) is 37.4 Å². The number of benzene rings is 1. The highest BCUT2D eigenvalue weighted by Crippen LogP contribution is 2.13. The summed E-state index contributed by atoms with van der Waals surface area (Å²) >= 11 is 0. The molecule has 1 fully saturated rings. The second-order valence-corrected chi connectivity index (χ2v) is 7.10. The summed E-state index contributed by atoms with van der Waals surface area (Å²) in [6.07, 6.45) is 2.95. The third kappa shape index (κ3) is 4.90. The monoisotopic (exact) mass is 409 g/mol. The largest absolute Gasteiger partial charge is 0.381 e. The number of aliphatic imine (C=N–C) groups is 1. The molecule has 1 atom stereocenters. The summed E-state index contributed by atoms with van der Waals surface area (Å²) in [5, 5.41) is 25.9. The van der Waals surface area contributed by atoms with Gasteiger partial charge in [-0.05, 0) is 24.1 Å². The first-order chi connectivity index (χ1) is 14.7. The zero-order chi connectivity index (χ0) is 20.8. The van der Waals surface area contributed by atoms with Crippen molar-refractivity contribution in [2.45, 2.75) is 19.5 Å². The first-order valence-corrected chi connectivity index (χ1v) is 9.81. The van der Waals surface area contributed by atoms with Gasteiger partial charge in [-0.1, -0.05) is 18.2 Å². The quantitative estimate of drug-likeness (QED) is 0.265. The molecule has 1 aliphatic heterocycles. The predicted molar refractivity (Wildman–Crippen MR) is 111 cm³/mol. The number of nitrogens with one attached hydrogen (secondary N) is 2. The van der Waals surface area contributed by atoms with Crippen LogP contribution >= 0.6 is 0 Å². The molecule has 1 unspecified atom stereocenters. The van der Waals surface area contributed by atoms with Crippen molar-refractivity contribution in [2.75, 3.05) is 19.8 Å². The summed E-state index contributed by atoms with van der Waals surface area (Å²) < 4.78 is 7.36. The number of pyridine rings is 1. The molecule has 2 aromatic heterocycles. The van der Waals surface area contributed by atoms with Gasteiger partial charge < -0.3 is 15.4 Å². The van der Waals surface area contributed by atoms with Gasteiger partial charge in [-0.2, -0.15) is 0 Å².